The number of aromatic nitrogens is 2. The van der Waals surface area contributed by atoms with E-state index in [4.69, 9.17) is 0 Å². The summed E-state index contributed by atoms with van der Waals surface area (Å²) < 4.78 is 0. The van der Waals surface area contributed by atoms with Gasteiger partial charge in [-0.2, -0.15) is 0 Å². The van der Waals surface area contributed by atoms with E-state index in [2.05, 4.69) is 48.4 Å². The molecule has 102 valence electrons. The van der Waals surface area contributed by atoms with Gasteiger partial charge in [-0.25, -0.2) is 15.0 Å². The van der Waals surface area contributed by atoms with E-state index in [1.807, 2.05) is 26.0 Å². The maximum absolute atomic E-state index is 4.62. The maximum Gasteiger partial charge on any atom is 0.149 e. The number of rotatable bonds is 4. The summed E-state index contributed by atoms with van der Waals surface area (Å²) in [5.74, 6) is 2.60. The van der Waals surface area contributed by atoms with Crippen molar-refractivity contribution in [1.29, 1.82) is 0 Å². The maximum atomic E-state index is 4.62. The minimum absolute atomic E-state index is 0.0688. The van der Waals surface area contributed by atoms with Gasteiger partial charge < -0.3 is 10.7 Å². The van der Waals surface area contributed by atoms with E-state index in [9.17, 15) is 0 Å². The Kier molecular flexibility index (Phi) is 4.51. The molecule has 1 aromatic heterocycles. The molecule has 0 amide bonds. The van der Waals surface area contributed by atoms with Crippen LogP contribution < -0.4 is 10.7 Å². The number of anilines is 2. The molecule has 0 atom stereocenters. The first kappa shape index (κ1) is 14.7. The van der Waals surface area contributed by atoms with Gasteiger partial charge in [-0.1, -0.05) is 20.8 Å². The Bertz CT molecular complexity index is 407. The highest BCUT2D eigenvalue weighted by Crippen LogP contribution is 2.26. The molecule has 0 radical (unpaired) electrons. The molecule has 0 aliphatic heterocycles. The largest absolute Gasteiger partial charge is 0.370 e. The van der Waals surface area contributed by atoms with E-state index in [0.29, 0.717) is 0 Å². The summed E-state index contributed by atoms with van der Waals surface area (Å²) in [5, 5.41) is 5.18. The third kappa shape index (κ3) is 3.57. The third-order valence-corrected chi connectivity index (χ3v) is 2.49. The average Bonchev–Trinajstić information content (AvgIpc) is 2.21. The van der Waals surface area contributed by atoms with Crippen molar-refractivity contribution in [2.24, 2.45) is 0 Å². The lowest BCUT2D eigenvalue weighted by molar-refractivity contribution is 0.486. The van der Waals surface area contributed by atoms with Gasteiger partial charge in [0, 0.05) is 31.6 Å². The molecular formula is C13H25N5. The SMILES string of the molecule is CCNc1nc(C(C)(C)C)nc(NN(C)C)c1C. The highest BCUT2D eigenvalue weighted by Gasteiger charge is 2.21. The lowest BCUT2D eigenvalue weighted by Crippen LogP contribution is -2.25. The zero-order valence-electron chi connectivity index (χ0n) is 12.5. The van der Waals surface area contributed by atoms with Crippen molar-refractivity contribution in [3.8, 4) is 0 Å². The molecule has 5 nitrogen and oxygen atoms in total. The molecule has 0 spiro atoms. The fourth-order valence-corrected chi connectivity index (χ4v) is 1.51. The van der Waals surface area contributed by atoms with Crippen molar-refractivity contribution in [2.45, 2.75) is 40.0 Å². The van der Waals surface area contributed by atoms with Crippen LogP contribution in [0.15, 0.2) is 0 Å². The Balaban J connectivity index is 3.27. The molecule has 2 N–H and O–H groups in total. The summed E-state index contributed by atoms with van der Waals surface area (Å²) in [6.45, 7) is 11.3. The summed E-state index contributed by atoms with van der Waals surface area (Å²) in [6.07, 6.45) is 0. The van der Waals surface area contributed by atoms with Crippen LogP contribution in [0.4, 0.5) is 11.6 Å². The number of hydrogen-bond donors (Lipinski definition) is 2. The standard InChI is InChI=1S/C13H25N5/c1-8-14-10-9(2)11(17-18(6)7)16-12(15-10)13(3,4)5/h8H2,1-7H3,(H2,14,15,16,17). The van der Waals surface area contributed by atoms with E-state index >= 15 is 0 Å². The molecule has 0 saturated carbocycles. The zero-order valence-corrected chi connectivity index (χ0v) is 12.5. The molecule has 0 unspecified atom stereocenters. The second kappa shape index (κ2) is 5.52. The van der Waals surface area contributed by atoms with Gasteiger partial charge in [-0.05, 0) is 13.8 Å². The van der Waals surface area contributed by atoms with Crippen molar-refractivity contribution in [1.82, 2.24) is 15.0 Å². The van der Waals surface area contributed by atoms with Crippen LogP contribution in [0, 0.1) is 6.92 Å². The van der Waals surface area contributed by atoms with Crippen molar-refractivity contribution in [3.63, 3.8) is 0 Å². The summed E-state index contributed by atoms with van der Waals surface area (Å²) in [4.78, 5) is 9.24. The molecule has 0 aliphatic rings. The first-order valence-corrected chi connectivity index (χ1v) is 6.32. The summed E-state index contributed by atoms with van der Waals surface area (Å²) in [5.41, 5.74) is 4.20. The minimum atomic E-state index is -0.0688. The predicted octanol–water partition coefficient (Wildman–Crippen LogP) is 2.40. The lowest BCUT2D eigenvalue weighted by atomic mass is 9.95. The van der Waals surface area contributed by atoms with Gasteiger partial charge in [0.05, 0.1) is 0 Å². The van der Waals surface area contributed by atoms with E-state index in [0.717, 1.165) is 29.6 Å². The van der Waals surface area contributed by atoms with Crippen LogP contribution in [-0.2, 0) is 5.41 Å². The Morgan fingerprint density at radius 1 is 1.11 bits per heavy atom. The van der Waals surface area contributed by atoms with E-state index in [1.54, 1.807) is 0 Å². The van der Waals surface area contributed by atoms with Gasteiger partial charge in [0.25, 0.3) is 0 Å². The van der Waals surface area contributed by atoms with Gasteiger partial charge in [0.1, 0.15) is 17.5 Å². The first-order valence-electron chi connectivity index (χ1n) is 6.32. The predicted molar refractivity (Wildman–Crippen MR) is 76.9 cm³/mol. The summed E-state index contributed by atoms with van der Waals surface area (Å²) in [7, 11) is 3.90. The van der Waals surface area contributed by atoms with Crippen LogP contribution in [0.3, 0.4) is 0 Å². The van der Waals surface area contributed by atoms with Gasteiger partial charge >= 0.3 is 0 Å². The van der Waals surface area contributed by atoms with Crippen LogP contribution in [-0.4, -0.2) is 35.6 Å². The number of nitrogens with zero attached hydrogens (tertiary/aromatic N) is 3. The van der Waals surface area contributed by atoms with E-state index < -0.39 is 0 Å². The topological polar surface area (TPSA) is 53.1 Å². The molecule has 1 rings (SSSR count). The summed E-state index contributed by atoms with van der Waals surface area (Å²) in [6, 6.07) is 0. The van der Waals surface area contributed by atoms with Gasteiger partial charge in [0.15, 0.2) is 0 Å². The third-order valence-electron chi connectivity index (χ3n) is 2.49. The van der Waals surface area contributed by atoms with Crippen molar-refractivity contribution >= 4 is 11.6 Å². The quantitative estimate of drug-likeness (QED) is 0.805. The molecule has 0 bridgehead atoms. The number of hydrogen-bond acceptors (Lipinski definition) is 5. The fraction of sp³-hybridized carbons (Fsp3) is 0.692. The zero-order chi connectivity index (χ0) is 13.9. The van der Waals surface area contributed by atoms with Crippen LogP contribution in [0.25, 0.3) is 0 Å². The Hall–Kier alpha value is -1.36. The van der Waals surface area contributed by atoms with Gasteiger partial charge in [-0.15, -0.1) is 0 Å². The molecule has 0 aromatic carbocycles. The molecule has 1 heterocycles. The number of nitrogens with one attached hydrogen (secondary N) is 2. The smallest absolute Gasteiger partial charge is 0.149 e. The molecule has 1 aromatic rings. The highest BCUT2D eigenvalue weighted by molar-refractivity contribution is 5.57. The van der Waals surface area contributed by atoms with Crippen molar-refractivity contribution < 1.29 is 0 Å². The van der Waals surface area contributed by atoms with Crippen molar-refractivity contribution in [2.75, 3.05) is 31.4 Å². The molecule has 0 saturated heterocycles. The Morgan fingerprint density at radius 3 is 2.11 bits per heavy atom. The Morgan fingerprint density at radius 2 is 1.67 bits per heavy atom. The summed E-state index contributed by atoms with van der Waals surface area (Å²) >= 11 is 0. The van der Waals surface area contributed by atoms with Crippen LogP contribution in [0.5, 0.6) is 0 Å². The Labute approximate surface area is 110 Å². The second-order valence-corrected chi connectivity index (χ2v) is 5.66. The fourth-order valence-electron chi connectivity index (χ4n) is 1.51. The molecule has 5 heteroatoms. The minimum Gasteiger partial charge on any atom is -0.370 e. The van der Waals surface area contributed by atoms with E-state index in [1.165, 1.54) is 0 Å². The van der Waals surface area contributed by atoms with Gasteiger partial charge in [0.2, 0.25) is 0 Å². The highest BCUT2D eigenvalue weighted by atomic mass is 15.5. The second-order valence-electron chi connectivity index (χ2n) is 5.66. The molecule has 0 fully saturated rings. The van der Waals surface area contributed by atoms with Gasteiger partial charge in [-0.3, -0.25) is 0 Å². The normalized spacial score (nSPS) is 11.8. The van der Waals surface area contributed by atoms with Crippen molar-refractivity contribution in [3.05, 3.63) is 11.4 Å². The van der Waals surface area contributed by atoms with Crippen LogP contribution in [0.1, 0.15) is 39.1 Å². The first-order chi connectivity index (χ1) is 8.25. The molecule has 18 heavy (non-hydrogen) atoms. The average molecular weight is 251 g/mol. The monoisotopic (exact) mass is 251 g/mol. The van der Waals surface area contributed by atoms with E-state index in [-0.39, 0.29) is 5.41 Å². The number of hydrazine groups is 1. The lowest BCUT2D eigenvalue weighted by Gasteiger charge is -2.22. The van der Waals surface area contributed by atoms with Crippen LogP contribution in [0.2, 0.25) is 0 Å². The molecular weight excluding hydrogens is 226 g/mol. The van der Waals surface area contributed by atoms with Crippen LogP contribution >= 0.6 is 0 Å². The molecule has 0 aliphatic carbocycles.